The van der Waals surface area contributed by atoms with Gasteiger partial charge in [-0.05, 0) is 43.3 Å². The smallest absolute Gasteiger partial charge is 0.258 e. The third-order valence-electron chi connectivity index (χ3n) is 2.96. The first-order valence-electron chi connectivity index (χ1n) is 6.68. The van der Waals surface area contributed by atoms with Gasteiger partial charge in [0.15, 0.2) is 0 Å². The topological polar surface area (TPSA) is 58.6 Å². The van der Waals surface area contributed by atoms with Crippen molar-refractivity contribution in [3.63, 3.8) is 0 Å². The lowest BCUT2D eigenvalue weighted by Gasteiger charge is -2.11. The van der Waals surface area contributed by atoms with Crippen LogP contribution >= 0.6 is 0 Å². The van der Waals surface area contributed by atoms with Gasteiger partial charge in [0.1, 0.15) is 17.4 Å². The monoisotopic (exact) mass is 307 g/mol. The second-order valence-electron chi connectivity index (χ2n) is 4.49. The van der Waals surface area contributed by atoms with Gasteiger partial charge in [0.05, 0.1) is 18.8 Å². The third kappa shape index (κ3) is 3.59. The summed E-state index contributed by atoms with van der Waals surface area (Å²) in [6, 6.07) is 7.31. The summed E-state index contributed by atoms with van der Waals surface area (Å²) in [6.07, 6.45) is 0. The number of ether oxygens (including phenoxy) is 1. The molecule has 2 N–H and O–H groups in total. The molecule has 4 nitrogen and oxygen atoms in total. The summed E-state index contributed by atoms with van der Waals surface area (Å²) >= 11 is 0. The van der Waals surface area contributed by atoms with Gasteiger partial charge in [0.2, 0.25) is 0 Å². The zero-order valence-corrected chi connectivity index (χ0v) is 11.9. The molecule has 0 atom stereocenters. The van der Waals surface area contributed by atoms with Crippen molar-refractivity contribution in [3.8, 4) is 5.75 Å². The first kappa shape index (κ1) is 15.9. The van der Waals surface area contributed by atoms with Crippen LogP contribution in [0, 0.1) is 11.6 Å². The van der Waals surface area contributed by atoms with E-state index < -0.39 is 17.5 Å². The van der Waals surface area contributed by atoms with Crippen LogP contribution in [0.1, 0.15) is 22.8 Å². The van der Waals surface area contributed by atoms with Gasteiger partial charge in [-0.25, -0.2) is 8.78 Å². The maximum absolute atomic E-state index is 13.5. The van der Waals surface area contributed by atoms with Gasteiger partial charge in [-0.1, -0.05) is 0 Å². The van der Waals surface area contributed by atoms with Gasteiger partial charge in [-0.3, -0.25) is 4.79 Å². The Morgan fingerprint density at radius 2 is 2.00 bits per heavy atom. The molecule has 0 saturated heterocycles. The molecule has 0 radical (unpaired) electrons. The Kier molecular flexibility index (Phi) is 5.06. The number of hydrogen-bond acceptors (Lipinski definition) is 3. The van der Waals surface area contributed by atoms with Gasteiger partial charge < -0.3 is 15.2 Å². The number of carbonyl (C=O) groups is 1. The van der Waals surface area contributed by atoms with E-state index in [0.29, 0.717) is 23.6 Å². The fourth-order valence-corrected chi connectivity index (χ4v) is 1.95. The summed E-state index contributed by atoms with van der Waals surface area (Å²) in [7, 11) is 0. The first-order valence-corrected chi connectivity index (χ1v) is 6.68. The Balaban J connectivity index is 2.23. The molecule has 1 amide bonds. The molecule has 0 fully saturated rings. The van der Waals surface area contributed by atoms with Crippen molar-refractivity contribution in [2.24, 2.45) is 0 Å². The minimum atomic E-state index is -0.813. The summed E-state index contributed by atoms with van der Waals surface area (Å²) in [5.74, 6) is -1.79. The van der Waals surface area contributed by atoms with E-state index in [2.05, 4.69) is 5.32 Å². The summed E-state index contributed by atoms with van der Waals surface area (Å²) in [5.41, 5.74) is 0.444. The number of nitrogens with one attached hydrogen (secondary N) is 1. The molecule has 0 unspecified atom stereocenters. The van der Waals surface area contributed by atoms with Crippen LogP contribution in [0.4, 0.5) is 14.5 Å². The SMILES string of the molecule is CCOc1ccc(NC(=O)c2cc(F)ccc2F)cc1CO. The molecule has 0 aliphatic rings. The molecule has 0 bridgehead atoms. The maximum atomic E-state index is 13.5. The zero-order valence-electron chi connectivity index (χ0n) is 11.9. The van der Waals surface area contributed by atoms with Crippen molar-refractivity contribution < 1.29 is 23.4 Å². The molecule has 116 valence electrons. The van der Waals surface area contributed by atoms with Crippen LogP contribution in [0.5, 0.6) is 5.75 Å². The van der Waals surface area contributed by atoms with E-state index in [-0.39, 0.29) is 12.2 Å². The summed E-state index contributed by atoms with van der Waals surface area (Å²) in [6.45, 7) is 1.98. The Bertz CT molecular complexity index is 689. The van der Waals surface area contributed by atoms with Crippen LogP contribution in [0.3, 0.4) is 0 Å². The summed E-state index contributed by atoms with van der Waals surface area (Å²) in [5, 5.41) is 11.8. The van der Waals surface area contributed by atoms with E-state index in [1.807, 2.05) is 6.92 Å². The van der Waals surface area contributed by atoms with Crippen LogP contribution in [-0.2, 0) is 6.61 Å². The number of halogens is 2. The molecule has 0 saturated carbocycles. The van der Waals surface area contributed by atoms with E-state index in [1.54, 1.807) is 12.1 Å². The van der Waals surface area contributed by atoms with E-state index >= 15 is 0 Å². The second-order valence-corrected chi connectivity index (χ2v) is 4.49. The minimum Gasteiger partial charge on any atom is -0.494 e. The van der Waals surface area contributed by atoms with Crippen LogP contribution in [-0.4, -0.2) is 17.6 Å². The van der Waals surface area contributed by atoms with Crippen molar-refractivity contribution in [2.75, 3.05) is 11.9 Å². The molecule has 2 aromatic carbocycles. The molecule has 2 rings (SSSR count). The Hall–Kier alpha value is -2.47. The number of aliphatic hydroxyl groups excluding tert-OH is 1. The van der Waals surface area contributed by atoms with Gasteiger partial charge in [-0.15, -0.1) is 0 Å². The Labute approximate surface area is 126 Å². The normalized spacial score (nSPS) is 10.4. The van der Waals surface area contributed by atoms with Gasteiger partial charge in [0, 0.05) is 11.3 Å². The molecule has 22 heavy (non-hydrogen) atoms. The fraction of sp³-hybridized carbons (Fsp3) is 0.188. The highest BCUT2D eigenvalue weighted by molar-refractivity contribution is 6.04. The highest BCUT2D eigenvalue weighted by atomic mass is 19.1. The zero-order chi connectivity index (χ0) is 16.1. The summed E-state index contributed by atoms with van der Waals surface area (Å²) in [4.78, 5) is 12.0. The average Bonchev–Trinajstić information content (AvgIpc) is 2.51. The van der Waals surface area contributed by atoms with Crippen LogP contribution in [0.25, 0.3) is 0 Å². The van der Waals surface area contributed by atoms with Crippen LogP contribution in [0.15, 0.2) is 36.4 Å². The largest absolute Gasteiger partial charge is 0.494 e. The van der Waals surface area contributed by atoms with Crippen molar-refractivity contribution >= 4 is 11.6 Å². The standard InChI is InChI=1S/C16H15F2NO3/c1-2-22-15-6-4-12(7-10(15)9-20)19-16(21)13-8-11(17)3-5-14(13)18/h3-8,20H,2,9H2,1H3,(H,19,21). The minimum absolute atomic E-state index is 0.270. The van der Waals surface area contributed by atoms with Gasteiger partial charge in [-0.2, -0.15) is 0 Å². The lowest BCUT2D eigenvalue weighted by atomic mass is 10.1. The number of aliphatic hydroxyl groups is 1. The number of hydrogen-bond donors (Lipinski definition) is 2. The number of anilines is 1. The second kappa shape index (κ2) is 7.00. The average molecular weight is 307 g/mol. The van der Waals surface area contributed by atoms with Crippen molar-refractivity contribution in [1.82, 2.24) is 0 Å². The number of amides is 1. The Morgan fingerprint density at radius 1 is 1.23 bits per heavy atom. The first-order chi connectivity index (χ1) is 10.5. The highest BCUT2D eigenvalue weighted by Gasteiger charge is 2.14. The maximum Gasteiger partial charge on any atom is 0.258 e. The molecule has 0 spiro atoms. The molecular formula is C16H15F2NO3. The molecule has 0 aliphatic heterocycles. The van der Waals surface area contributed by atoms with E-state index in [0.717, 1.165) is 18.2 Å². The van der Waals surface area contributed by atoms with Gasteiger partial charge >= 0.3 is 0 Å². The number of carbonyl (C=O) groups excluding carboxylic acids is 1. The van der Waals surface area contributed by atoms with Crippen LogP contribution < -0.4 is 10.1 Å². The molecule has 6 heteroatoms. The van der Waals surface area contributed by atoms with Crippen molar-refractivity contribution in [2.45, 2.75) is 13.5 Å². The van der Waals surface area contributed by atoms with E-state index in [9.17, 15) is 18.7 Å². The third-order valence-corrected chi connectivity index (χ3v) is 2.96. The predicted molar refractivity (Wildman–Crippen MR) is 77.8 cm³/mol. The van der Waals surface area contributed by atoms with E-state index in [1.165, 1.54) is 6.07 Å². The molecule has 2 aromatic rings. The number of benzene rings is 2. The van der Waals surface area contributed by atoms with E-state index in [4.69, 9.17) is 4.74 Å². The van der Waals surface area contributed by atoms with Crippen molar-refractivity contribution in [3.05, 3.63) is 59.2 Å². The lowest BCUT2D eigenvalue weighted by Crippen LogP contribution is -2.14. The van der Waals surface area contributed by atoms with Crippen molar-refractivity contribution in [1.29, 1.82) is 0 Å². The lowest BCUT2D eigenvalue weighted by molar-refractivity contribution is 0.102. The number of rotatable bonds is 5. The molecule has 0 aromatic heterocycles. The predicted octanol–water partition coefficient (Wildman–Crippen LogP) is 3.11. The Morgan fingerprint density at radius 3 is 2.68 bits per heavy atom. The molecular weight excluding hydrogens is 292 g/mol. The molecule has 0 aliphatic carbocycles. The summed E-state index contributed by atoms with van der Waals surface area (Å²) < 4.78 is 32.0. The highest BCUT2D eigenvalue weighted by Crippen LogP contribution is 2.23. The fourth-order valence-electron chi connectivity index (χ4n) is 1.95. The quantitative estimate of drug-likeness (QED) is 0.892. The van der Waals surface area contributed by atoms with Gasteiger partial charge in [0.25, 0.3) is 5.91 Å². The molecule has 0 heterocycles. The van der Waals surface area contributed by atoms with Crippen LogP contribution in [0.2, 0.25) is 0 Å².